The molecule has 0 radical (unpaired) electrons. The number of methoxy groups -OCH3 is 1. The standard InChI is InChI=1S/C25H22N2O4S/c1-31-20-9-8-16-12-18(7-6-17(16)13-20)24-14-22(21-4-2-3-5-23(21)27-24)25(28)26-19-10-11-32(29,30)15-19/h2-9,12-14,19H,10-11,15H2,1H3,(H,26,28). The van der Waals surface area contributed by atoms with Crippen LogP contribution in [0.2, 0.25) is 0 Å². The zero-order valence-electron chi connectivity index (χ0n) is 17.5. The van der Waals surface area contributed by atoms with Gasteiger partial charge in [-0.25, -0.2) is 13.4 Å². The van der Waals surface area contributed by atoms with Gasteiger partial charge in [-0.15, -0.1) is 0 Å². The molecular formula is C25H22N2O4S. The van der Waals surface area contributed by atoms with Crippen LogP contribution in [-0.2, 0) is 9.84 Å². The molecule has 7 heteroatoms. The number of rotatable bonds is 4. The molecule has 1 aromatic heterocycles. The number of amides is 1. The molecule has 0 bridgehead atoms. The maximum atomic E-state index is 13.1. The van der Waals surface area contributed by atoms with Crippen LogP contribution >= 0.6 is 0 Å². The van der Waals surface area contributed by atoms with Crippen molar-refractivity contribution in [2.75, 3.05) is 18.6 Å². The predicted octanol–water partition coefficient (Wildman–Crippen LogP) is 3.98. The Balaban J connectivity index is 1.56. The quantitative estimate of drug-likeness (QED) is 0.513. The van der Waals surface area contributed by atoms with E-state index in [2.05, 4.69) is 5.32 Å². The van der Waals surface area contributed by atoms with Crippen molar-refractivity contribution < 1.29 is 17.9 Å². The molecule has 1 amide bonds. The van der Waals surface area contributed by atoms with Crippen molar-refractivity contribution in [3.63, 3.8) is 0 Å². The lowest BCUT2D eigenvalue weighted by atomic mass is 10.0. The summed E-state index contributed by atoms with van der Waals surface area (Å²) < 4.78 is 28.9. The van der Waals surface area contributed by atoms with Gasteiger partial charge in [0.25, 0.3) is 5.91 Å². The largest absolute Gasteiger partial charge is 0.497 e. The zero-order valence-corrected chi connectivity index (χ0v) is 18.4. The first-order valence-electron chi connectivity index (χ1n) is 10.4. The van der Waals surface area contributed by atoms with Gasteiger partial charge in [-0.05, 0) is 47.5 Å². The van der Waals surface area contributed by atoms with E-state index in [1.165, 1.54) is 0 Å². The number of hydrogen-bond donors (Lipinski definition) is 1. The first kappa shape index (κ1) is 20.5. The summed E-state index contributed by atoms with van der Waals surface area (Å²) in [6.07, 6.45) is 0.443. The minimum absolute atomic E-state index is 0.0112. The fraction of sp³-hybridized carbons (Fsp3) is 0.200. The van der Waals surface area contributed by atoms with Gasteiger partial charge >= 0.3 is 0 Å². The van der Waals surface area contributed by atoms with Crippen LogP contribution in [0.25, 0.3) is 32.9 Å². The highest BCUT2D eigenvalue weighted by atomic mass is 32.2. The van der Waals surface area contributed by atoms with Crippen LogP contribution in [0.5, 0.6) is 5.75 Å². The Kier molecular flexibility index (Phi) is 5.06. The van der Waals surface area contributed by atoms with Gasteiger partial charge in [0.05, 0.1) is 35.4 Å². The molecule has 1 aliphatic heterocycles. The fourth-order valence-electron chi connectivity index (χ4n) is 4.19. The number of carbonyl (C=O) groups is 1. The van der Waals surface area contributed by atoms with Crippen LogP contribution in [0.4, 0.5) is 0 Å². The number of benzene rings is 3. The molecule has 1 fully saturated rings. The molecule has 6 nitrogen and oxygen atoms in total. The minimum Gasteiger partial charge on any atom is -0.497 e. The summed E-state index contributed by atoms with van der Waals surface area (Å²) in [6, 6.07) is 20.8. The third-order valence-electron chi connectivity index (χ3n) is 5.87. The number of hydrogen-bond acceptors (Lipinski definition) is 5. The molecule has 0 spiro atoms. The molecule has 162 valence electrons. The van der Waals surface area contributed by atoms with Gasteiger partial charge in [-0.2, -0.15) is 0 Å². The molecule has 0 saturated carbocycles. The summed E-state index contributed by atoms with van der Waals surface area (Å²) in [4.78, 5) is 17.9. The second-order valence-corrected chi connectivity index (χ2v) is 10.3. The number of fused-ring (bicyclic) bond motifs is 2. The van der Waals surface area contributed by atoms with Crippen LogP contribution in [0.3, 0.4) is 0 Å². The van der Waals surface area contributed by atoms with Gasteiger partial charge in [0.15, 0.2) is 9.84 Å². The average molecular weight is 447 g/mol. The van der Waals surface area contributed by atoms with E-state index in [1.54, 1.807) is 13.2 Å². The van der Waals surface area contributed by atoms with Crippen molar-refractivity contribution in [1.82, 2.24) is 10.3 Å². The highest BCUT2D eigenvalue weighted by molar-refractivity contribution is 7.91. The highest BCUT2D eigenvalue weighted by Gasteiger charge is 2.29. The Morgan fingerprint density at radius 1 is 1.03 bits per heavy atom. The fourth-order valence-corrected chi connectivity index (χ4v) is 5.87. The number of para-hydroxylation sites is 1. The monoisotopic (exact) mass is 446 g/mol. The molecule has 4 aromatic rings. The molecule has 3 aromatic carbocycles. The molecule has 1 unspecified atom stereocenters. The van der Waals surface area contributed by atoms with E-state index in [0.29, 0.717) is 23.2 Å². The van der Waals surface area contributed by atoms with Crippen molar-refractivity contribution in [1.29, 1.82) is 0 Å². The average Bonchev–Trinajstić information content (AvgIpc) is 3.15. The molecule has 1 atom stereocenters. The summed E-state index contributed by atoms with van der Waals surface area (Å²) in [6.45, 7) is 0. The number of nitrogens with zero attached hydrogens (tertiary/aromatic N) is 1. The van der Waals surface area contributed by atoms with Crippen molar-refractivity contribution >= 4 is 37.4 Å². The molecule has 1 aliphatic rings. The van der Waals surface area contributed by atoms with Crippen LogP contribution < -0.4 is 10.1 Å². The van der Waals surface area contributed by atoms with Crippen LogP contribution in [-0.4, -0.2) is 44.0 Å². The number of ether oxygens (including phenoxy) is 1. The van der Waals surface area contributed by atoms with Gasteiger partial charge in [0.1, 0.15) is 5.75 Å². The molecule has 1 saturated heterocycles. The third kappa shape index (κ3) is 3.91. The van der Waals surface area contributed by atoms with Gasteiger partial charge < -0.3 is 10.1 Å². The van der Waals surface area contributed by atoms with Gasteiger partial charge in [-0.3, -0.25) is 4.79 Å². The van der Waals surface area contributed by atoms with E-state index < -0.39 is 9.84 Å². The van der Waals surface area contributed by atoms with E-state index in [-0.39, 0.29) is 23.5 Å². The summed E-state index contributed by atoms with van der Waals surface area (Å²) in [7, 11) is -1.44. The van der Waals surface area contributed by atoms with Crippen molar-refractivity contribution in [3.05, 3.63) is 72.3 Å². The Morgan fingerprint density at radius 3 is 2.59 bits per heavy atom. The summed E-state index contributed by atoms with van der Waals surface area (Å²) in [5, 5.41) is 5.73. The highest BCUT2D eigenvalue weighted by Crippen LogP contribution is 2.29. The first-order chi connectivity index (χ1) is 15.4. The Bertz CT molecular complexity index is 1460. The van der Waals surface area contributed by atoms with Gasteiger partial charge in [-0.1, -0.05) is 36.4 Å². The Hall–Kier alpha value is -3.45. The number of sulfone groups is 1. The number of carbonyl (C=O) groups excluding carboxylic acids is 1. The molecular weight excluding hydrogens is 424 g/mol. The topological polar surface area (TPSA) is 85.4 Å². The molecule has 1 N–H and O–H groups in total. The van der Waals surface area contributed by atoms with E-state index in [9.17, 15) is 13.2 Å². The lowest BCUT2D eigenvalue weighted by Gasteiger charge is -2.14. The molecule has 5 rings (SSSR count). The molecule has 0 aliphatic carbocycles. The lowest BCUT2D eigenvalue weighted by Crippen LogP contribution is -2.35. The normalized spacial score (nSPS) is 17.5. The van der Waals surface area contributed by atoms with E-state index in [4.69, 9.17) is 9.72 Å². The second-order valence-electron chi connectivity index (χ2n) is 8.07. The SMILES string of the molecule is COc1ccc2cc(-c3cc(C(=O)NC4CCS(=O)(=O)C4)c4ccccc4n3)ccc2c1. The summed E-state index contributed by atoms with van der Waals surface area (Å²) in [5.74, 6) is 0.615. The first-order valence-corrected chi connectivity index (χ1v) is 12.2. The Morgan fingerprint density at radius 2 is 1.81 bits per heavy atom. The minimum atomic E-state index is -3.08. The maximum Gasteiger partial charge on any atom is 0.252 e. The molecule has 32 heavy (non-hydrogen) atoms. The maximum absolute atomic E-state index is 13.1. The lowest BCUT2D eigenvalue weighted by molar-refractivity contribution is 0.0943. The van der Waals surface area contributed by atoms with Crippen molar-refractivity contribution in [2.24, 2.45) is 0 Å². The van der Waals surface area contributed by atoms with Crippen molar-refractivity contribution in [3.8, 4) is 17.0 Å². The van der Waals surface area contributed by atoms with Gasteiger partial charge in [0, 0.05) is 17.0 Å². The second kappa shape index (κ2) is 7.91. The van der Waals surface area contributed by atoms with Crippen LogP contribution in [0.1, 0.15) is 16.8 Å². The van der Waals surface area contributed by atoms with Crippen LogP contribution in [0.15, 0.2) is 66.7 Å². The number of pyridine rings is 1. The van der Waals surface area contributed by atoms with Gasteiger partial charge in [0.2, 0.25) is 0 Å². The third-order valence-corrected chi connectivity index (χ3v) is 7.64. The smallest absolute Gasteiger partial charge is 0.252 e. The molecule has 2 heterocycles. The van der Waals surface area contributed by atoms with Crippen LogP contribution in [0, 0.1) is 0 Å². The van der Waals surface area contributed by atoms with E-state index in [0.717, 1.165) is 27.5 Å². The number of aromatic nitrogens is 1. The number of nitrogens with one attached hydrogen (secondary N) is 1. The van der Waals surface area contributed by atoms with E-state index >= 15 is 0 Å². The van der Waals surface area contributed by atoms with Crippen molar-refractivity contribution in [2.45, 2.75) is 12.5 Å². The summed E-state index contributed by atoms with van der Waals surface area (Å²) >= 11 is 0. The predicted molar refractivity (Wildman–Crippen MR) is 126 cm³/mol. The van der Waals surface area contributed by atoms with E-state index in [1.807, 2.05) is 60.7 Å². The summed E-state index contributed by atoms with van der Waals surface area (Å²) in [5.41, 5.74) is 2.78. The zero-order chi connectivity index (χ0) is 22.3. The Labute approximate surface area is 186 Å².